The van der Waals surface area contributed by atoms with Gasteiger partial charge in [0.25, 0.3) is 0 Å². The van der Waals surface area contributed by atoms with E-state index in [9.17, 15) is 0 Å². The van der Waals surface area contributed by atoms with Crippen molar-refractivity contribution in [3.05, 3.63) is 158 Å². The zero-order valence-electron chi connectivity index (χ0n) is 25.3. The van der Waals surface area contributed by atoms with Crippen LogP contribution in [-0.4, -0.2) is 18.5 Å². The molecule has 0 fully saturated rings. The predicted octanol–water partition coefficient (Wildman–Crippen LogP) is 11.0. The van der Waals surface area contributed by atoms with E-state index in [0.717, 1.165) is 39.0 Å². The Labute approximate surface area is 268 Å². The van der Waals surface area contributed by atoms with Crippen LogP contribution in [0.5, 0.6) is 0 Å². The van der Waals surface area contributed by atoms with Crippen molar-refractivity contribution in [1.82, 2.24) is 18.5 Å². The quantitative estimate of drug-likeness (QED) is 0.182. The van der Waals surface area contributed by atoms with Crippen LogP contribution in [0.15, 0.2) is 158 Å². The molecule has 4 heterocycles. The normalized spacial score (nSPS) is 12.3. The van der Waals surface area contributed by atoms with E-state index < -0.39 is 0 Å². The van der Waals surface area contributed by atoms with Crippen molar-refractivity contribution in [3.8, 4) is 11.4 Å². The Kier molecular flexibility index (Phi) is 4.81. The standard InChI is InChI=1S/C43H26N4/c1-3-13-27(14-4-1)45-37-20-10-8-18-30(37)33-24-35-31(25-40(33)45)34-23-32-29-17-7-11-21-38(29)46(28-15-5-2-6-16-28)41(32)26-42(34)47-39-22-12-9-19-36(39)44-43(35)47/h1-26H. The molecule has 0 spiro atoms. The van der Waals surface area contributed by atoms with Crippen LogP contribution in [-0.2, 0) is 0 Å². The first-order valence-corrected chi connectivity index (χ1v) is 16.1. The maximum atomic E-state index is 5.30. The first-order chi connectivity index (χ1) is 23.3. The van der Waals surface area contributed by atoms with Gasteiger partial charge in [0, 0.05) is 43.7 Å². The van der Waals surface area contributed by atoms with E-state index in [1.165, 1.54) is 54.4 Å². The molecule has 4 aromatic heterocycles. The van der Waals surface area contributed by atoms with E-state index >= 15 is 0 Å². The van der Waals surface area contributed by atoms with Gasteiger partial charge < -0.3 is 9.13 Å². The van der Waals surface area contributed by atoms with Crippen molar-refractivity contribution in [1.29, 1.82) is 0 Å². The summed E-state index contributed by atoms with van der Waals surface area (Å²) in [4.78, 5) is 5.30. The Hall–Kier alpha value is -6.39. The van der Waals surface area contributed by atoms with E-state index in [-0.39, 0.29) is 0 Å². The highest BCUT2D eigenvalue weighted by molar-refractivity contribution is 6.24. The van der Waals surface area contributed by atoms with Crippen LogP contribution in [0.3, 0.4) is 0 Å². The Morgan fingerprint density at radius 3 is 1.45 bits per heavy atom. The molecule has 0 atom stereocenters. The van der Waals surface area contributed by atoms with Gasteiger partial charge in [-0.15, -0.1) is 0 Å². The number of nitrogens with zero attached hydrogens (tertiary/aromatic N) is 4. The molecule has 0 unspecified atom stereocenters. The Balaban J connectivity index is 1.40. The first kappa shape index (κ1) is 24.9. The second kappa shape index (κ2) is 9.09. The van der Waals surface area contributed by atoms with Crippen LogP contribution in [0.4, 0.5) is 0 Å². The molecular formula is C43H26N4. The third kappa shape index (κ3) is 3.28. The van der Waals surface area contributed by atoms with Crippen LogP contribution in [0, 0.1) is 0 Å². The predicted molar refractivity (Wildman–Crippen MR) is 196 cm³/mol. The van der Waals surface area contributed by atoms with E-state index in [4.69, 9.17) is 4.98 Å². The second-order valence-corrected chi connectivity index (χ2v) is 12.4. The van der Waals surface area contributed by atoms with E-state index in [1.54, 1.807) is 0 Å². The smallest absolute Gasteiger partial charge is 0.146 e. The highest BCUT2D eigenvalue weighted by Gasteiger charge is 2.21. The fourth-order valence-corrected chi connectivity index (χ4v) is 7.99. The molecule has 0 radical (unpaired) electrons. The molecular weight excluding hydrogens is 573 g/mol. The SMILES string of the molecule is c1ccc(-n2c3ccccc3c3cc4c(cc32)c2cc3c5ccccc5n(-c5ccccc5)c3cc2n2c3ccccc3nc42)cc1. The zero-order valence-corrected chi connectivity index (χ0v) is 25.3. The summed E-state index contributed by atoms with van der Waals surface area (Å²) < 4.78 is 7.18. The summed E-state index contributed by atoms with van der Waals surface area (Å²) in [5, 5.41) is 8.53. The lowest BCUT2D eigenvalue weighted by atomic mass is 10.0. The minimum absolute atomic E-state index is 0.980. The third-order valence-corrected chi connectivity index (χ3v) is 9.96. The molecule has 218 valence electrons. The zero-order chi connectivity index (χ0) is 30.6. The molecule has 0 bridgehead atoms. The number of para-hydroxylation sites is 6. The number of pyridine rings is 1. The Morgan fingerprint density at radius 1 is 0.319 bits per heavy atom. The molecule has 47 heavy (non-hydrogen) atoms. The number of benzene rings is 7. The molecule has 0 saturated heterocycles. The minimum Gasteiger partial charge on any atom is -0.309 e. The topological polar surface area (TPSA) is 27.2 Å². The largest absolute Gasteiger partial charge is 0.309 e. The molecule has 11 aromatic rings. The van der Waals surface area contributed by atoms with Crippen molar-refractivity contribution in [3.63, 3.8) is 0 Å². The van der Waals surface area contributed by atoms with Crippen LogP contribution in [0.2, 0.25) is 0 Å². The van der Waals surface area contributed by atoms with Crippen molar-refractivity contribution in [2.75, 3.05) is 0 Å². The number of fused-ring (bicyclic) bond motifs is 14. The minimum atomic E-state index is 0.980. The van der Waals surface area contributed by atoms with Gasteiger partial charge in [0.05, 0.1) is 38.6 Å². The monoisotopic (exact) mass is 598 g/mol. The average Bonchev–Trinajstić information content (AvgIpc) is 3.79. The fourth-order valence-electron chi connectivity index (χ4n) is 7.99. The summed E-state index contributed by atoms with van der Waals surface area (Å²) in [5.74, 6) is 0. The molecule has 0 N–H and O–H groups in total. The van der Waals surface area contributed by atoms with Crippen LogP contribution < -0.4 is 0 Å². The van der Waals surface area contributed by atoms with Gasteiger partial charge in [0.15, 0.2) is 0 Å². The average molecular weight is 599 g/mol. The number of hydrogen-bond donors (Lipinski definition) is 0. The maximum Gasteiger partial charge on any atom is 0.146 e. The fraction of sp³-hybridized carbons (Fsp3) is 0. The lowest BCUT2D eigenvalue weighted by Crippen LogP contribution is -1.96. The van der Waals surface area contributed by atoms with Gasteiger partial charge in [0.2, 0.25) is 0 Å². The van der Waals surface area contributed by atoms with Gasteiger partial charge in [-0.1, -0.05) is 84.9 Å². The summed E-state index contributed by atoms with van der Waals surface area (Å²) in [6, 6.07) is 57.0. The molecule has 11 rings (SSSR count). The summed E-state index contributed by atoms with van der Waals surface area (Å²) in [7, 11) is 0. The van der Waals surface area contributed by atoms with E-state index in [2.05, 4.69) is 171 Å². The van der Waals surface area contributed by atoms with Crippen LogP contribution >= 0.6 is 0 Å². The summed E-state index contributed by atoms with van der Waals surface area (Å²) in [6.45, 7) is 0. The molecule has 0 aliphatic heterocycles. The Morgan fingerprint density at radius 2 is 0.809 bits per heavy atom. The van der Waals surface area contributed by atoms with E-state index in [1.807, 2.05) is 0 Å². The molecule has 0 aliphatic rings. The third-order valence-electron chi connectivity index (χ3n) is 9.96. The van der Waals surface area contributed by atoms with Gasteiger partial charge in [-0.2, -0.15) is 0 Å². The van der Waals surface area contributed by atoms with Gasteiger partial charge >= 0.3 is 0 Å². The van der Waals surface area contributed by atoms with Crippen molar-refractivity contribution >= 4 is 82.0 Å². The van der Waals surface area contributed by atoms with Gasteiger partial charge in [0.1, 0.15) is 5.65 Å². The number of rotatable bonds is 2. The molecule has 4 heteroatoms. The lowest BCUT2D eigenvalue weighted by molar-refractivity contribution is 1.18. The van der Waals surface area contributed by atoms with Crippen molar-refractivity contribution in [2.45, 2.75) is 0 Å². The molecule has 0 aliphatic carbocycles. The highest BCUT2D eigenvalue weighted by Crippen LogP contribution is 2.42. The lowest BCUT2D eigenvalue weighted by Gasteiger charge is -2.13. The second-order valence-electron chi connectivity index (χ2n) is 12.4. The molecule has 7 aromatic carbocycles. The van der Waals surface area contributed by atoms with Crippen molar-refractivity contribution in [2.24, 2.45) is 0 Å². The summed E-state index contributed by atoms with van der Waals surface area (Å²) in [6.07, 6.45) is 0. The molecule has 0 saturated carbocycles. The summed E-state index contributed by atoms with van der Waals surface area (Å²) >= 11 is 0. The van der Waals surface area contributed by atoms with Crippen molar-refractivity contribution < 1.29 is 0 Å². The first-order valence-electron chi connectivity index (χ1n) is 16.1. The van der Waals surface area contributed by atoms with Crippen LogP contribution in [0.25, 0.3) is 93.3 Å². The summed E-state index contributed by atoms with van der Waals surface area (Å²) in [5.41, 5.74) is 11.3. The van der Waals surface area contributed by atoms with Gasteiger partial charge in [-0.3, -0.25) is 4.40 Å². The van der Waals surface area contributed by atoms with Gasteiger partial charge in [-0.25, -0.2) is 4.98 Å². The molecule has 0 amide bonds. The van der Waals surface area contributed by atoms with E-state index in [0.29, 0.717) is 0 Å². The maximum absolute atomic E-state index is 5.30. The number of aromatic nitrogens is 4. The highest BCUT2D eigenvalue weighted by atomic mass is 15.0. The van der Waals surface area contributed by atoms with Gasteiger partial charge in [-0.05, 0) is 78.2 Å². The Bertz CT molecular complexity index is 3050. The molecule has 4 nitrogen and oxygen atoms in total. The van der Waals surface area contributed by atoms with Crippen LogP contribution in [0.1, 0.15) is 0 Å². The number of hydrogen-bond acceptors (Lipinski definition) is 1. The number of imidazole rings is 1.